The summed E-state index contributed by atoms with van der Waals surface area (Å²) in [6, 6.07) is 3.82. The van der Waals surface area contributed by atoms with E-state index in [9.17, 15) is 0 Å². The van der Waals surface area contributed by atoms with Crippen LogP contribution in [0.25, 0.3) is 0 Å². The lowest BCUT2D eigenvalue weighted by atomic mass is 9.80. The third-order valence-corrected chi connectivity index (χ3v) is 3.83. The Morgan fingerprint density at radius 2 is 1.65 bits per heavy atom. The molecule has 17 heavy (non-hydrogen) atoms. The first-order chi connectivity index (χ1) is 7.73. The molecule has 0 spiro atoms. The highest BCUT2D eigenvalue weighted by atomic mass is 35.5. The number of aromatic nitrogens is 1. The summed E-state index contributed by atoms with van der Waals surface area (Å²) in [5, 5.41) is 0.448. The van der Waals surface area contributed by atoms with Gasteiger partial charge in [-0.3, -0.25) is 0 Å². The fourth-order valence-electron chi connectivity index (χ4n) is 1.68. The van der Waals surface area contributed by atoms with E-state index >= 15 is 0 Å². The Labute approximate surface area is 108 Å². The van der Waals surface area contributed by atoms with Crippen LogP contribution in [0.15, 0.2) is 12.1 Å². The third kappa shape index (κ3) is 2.22. The number of pyridine rings is 1. The Morgan fingerprint density at radius 1 is 1.12 bits per heavy atom. The maximum absolute atomic E-state index is 6.12. The van der Waals surface area contributed by atoms with Crippen LogP contribution in [0.2, 0.25) is 5.15 Å². The molecular formula is C12H17BClNO2. The monoisotopic (exact) mass is 253 g/mol. The van der Waals surface area contributed by atoms with Crippen molar-refractivity contribution in [3.63, 3.8) is 0 Å². The van der Waals surface area contributed by atoms with E-state index in [-0.39, 0.29) is 11.2 Å². The summed E-state index contributed by atoms with van der Waals surface area (Å²) >= 11 is 6.12. The summed E-state index contributed by atoms with van der Waals surface area (Å²) in [6.45, 7) is 9.97. The standard InChI is InChI=1S/C12H17BClNO2/c1-8-6-7-9(10(14)15-8)13-16-11(2,3)12(4,5)17-13/h6-7H,1-5H3. The molecule has 0 amide bonds. The third-order valence-electron chi connectivity index (χ3n) is 3.52. The largest absolute Gasteiger partial charge is 0.498 e. The van der Waals surface area contributed by atoms with Crippen molar-refractivity contribution in [2.24, 2.45) is 0 Å². The molecule has 0 atom stereocenters. The summed E-state index contributed by atoms with van der Waals surface area (Å²) in [6.07, 6.45) is 0. The van der Waals surface area contributed by atoms with Crippen molar-refractivity contribution in [1.82, 2.24) is 4.98 Å². The van der Waals surface area contributed by atoms with Crippen LogP contribution >= 0.6 is 11.6 Å². The van der Waals surface area contributed by atoms with E-state index in [2.05, 4.69) is 4.98 Å². The lowest BCUT2D eigenvalue weighted by molar-refractivity contribution is 0.00578. The number of nitrogens with zero attached hydrogens (tertiary/aromatic N) is 1. The van der Waals surface area contributed by atoms with E-state index in [0.717, 1.165) is 11.2 Å². The van der Waals surface area contributed by atoms with Crippen molar-refractivity contribution in [3.8, 4) is 0 Å². The molecule has 1 fully saturated rings. The highest BCUT2D eigenvalue weighted by molar-refractivity contribution is 6.65. The van der Waals surface area contributed by atoms with Crippen LogP contribution in [0.1, 0.15) is 33.4 Å². The first kappa shape index (κ1) is 12.9. The first-order valence-corrected chi connectivity index (χ1v) is 6.09. The Hall–Kier alpha value is -0.575. The Morgan fingerprint density at radius 3 is 2.12 bits per heavy atom. The van der Waals surface area contributed by atoms with Gasteiger partial charge in [0.15, 0.2) is 0 Å². The van der Waals surface area contributed by atoms with Gasteiger partial charge in [-0.1, -0.05) is 17.7 Å². The van der Waals surface area contributed by atoms with Gasteiger partial charge in [-0.05, 0) is 40.7 Å². The van der Waals surface area contributed by atoms with Gasteiger partial charge < -0.3 is 9.31 Å². The van der Waals surface area contributed by atoms with Crippen molar-refractivity contribution in [2.75, 3.05) is 0 Å². The molecule has 0 unspecified atom stereocenters. The molecule has 2 rings (SSSR count). The van der Waals surface area contributed by atoms with Crippen molar-refractivity contribution in [3.05, 3.63) is 23.0 Å². The molecular weight excluding hydrogens is 236 g/mol. The van der Waals surface area contributed by atoms with Crippen molar-refractivity contribution >= 4 is 24.2 Å². The zero-order chi connectivity index (χ0) is 12.8. The molecule has 0 bridgehead atoms. The predicted octanol–water partition coefficient (Wildman–Crippen LogP) is 2.34. The summed E-state index contributed by atoms with van der Waals surface area (Å²) in [5.74, 6) is 0. The van der Waals surface area contributed by atoms with E-state index in [1.54, 1.807) is 0 Å². The smallest absolute Gasteiger partial charge is 0.399 e. The van der Waals surface area contributed by atoms with Crippen LogP contribution in [0, 0.1) is 6.92 Å². The molecule has 5 heteroatoms. The lowest BCUT2D eigenvalue weighted by Crippen LogP contribution is -2.41. The zero-order valence-electron chi connectivity index (χ0n) is 10.9. The molecule has 3 nitrogen and oxygen atoms in total. The van der Waals surface area contributed by atoms with E-state index in [0.29, 0.717) is 5.15 Å². The molecule has 1 aromatic rings. The van der Waals surface area contributed by atoms with Crippen LogP contribution < -0.4 is 5.46 Å². The molecule has 0 aliphatic carbocycles. The zero-order valence-corrected chi connectivity index (χ0v) is 11.6. The van der Waals surface area contributed by atoms with E-state index in [4.69, 9.17) is 20.9 Å². The number of aryl methyl sites for hydroxylation is 1. The maximum atomic E-state index is 6.12. The minimum Gasteiger partial charge on any atom is -0.399 e. The van der Waals surface area contributed by atoms with Gasteiger partial charge in [0.25, 0.3) is 0 Å². The van der Waals surface area contributed by atoms with E-state index in [1.807, 2.05) is 46.8 Å². The Bertz CT molecular complexity index is 432. The normalized spacial score (nSPS) is 21.9. The molecule has 1 saturated heterocycles. The number of rotatable bonds is 1. The minimum atomic E-state index is -0.444. The fourth-order valence-corrected chi connectivity index (χ4v) is 1.97. The van der Waals surface area contributed by atoms with Crippen LogP contribution in [0.5, 0.6) is 0 Å². The number of hydrogen-bond donors (Lipinski definition) is 0. The molecule has 1 aliphatic rings. The second-order valence-electron chi connectivity index (χ2n) is 5.42. The Kier molecular flexibility index (Phi) is 3.01. The van der Waals surface area contributed by atoms with Gasteiger partial charge >= 0.3 is 7.12 Å². The van der Waals surface area contributed by atoms with Gasteiger partial charge in [0.2, 0.25) is 0 Å². The fraction of sp³-hybridized carbons (Fsp3) is 0.583. The maximum Gasteiger partial charge on any atom is 0.498 e. The van der Waals surface area contributed by atoms with Crippen LogP contribution in [-0.2, 0) is 9.31 Å². The Balaban J connectivity index is 2.32. The lowest BCUT2D eigenvalue weighted by Gasteiger charge is -2.32. The van der Waals surface area contributed by atoms with Crippen molar-refractivity contribution in [2.45, 2.75) is 45.8 Å². The summed E-state index contributed by atoms with van der Waals surface area (Å²) in [4.78, 5) is 4.22. The molecule has 2 heterocycles. The first-order valence-electron chi connectivity index (χ1n) is 5.72. The SMILES string of the molecule is Cc1ccc(B2OC(C)(C)C(C)(C)O2)c(Cl)n1. The second kappa shape index (κ2) is 3.97. The van der Waals surface area contributed by atoms with Gasteiger partial charge in [-0.15, -0.1) is 0 Å². The summed E-state index contributed by atoms with van der Waals surface area (Å²) < 4.78 is 11.8. The van der Waals surface area contributed by atoms with Gasteiger partial charge in [0, 0.05) is 11.2 Å². The van der Waals surface area contributed by atoms with Crippen molar-refractivity contribution in [1.29, 1.82) is 0 Å². The van der Waals surface area contributed by atoms with Crippen LogP contribution in [0.4, 0.5) is 0 Å². The molecule has 92 valence electrons. The minimum absolute atomic E-state index is 0.355. The number of hydrogen-bond acceptors (Lipinski definition) is 3. The van der Waals surface area contributed by atoms with Crippen LogP contribution in [0.3, 0.4) is 0 Å². The molecule has 0 aromatic carbocycles. The van der Waals surface area contributed by atoms with Gasteiger partial charge in [-0.2, -0.15) is 0 Å². The highest BCUT2D eigenvalue weighted by Gasteiger charge is 2.52. The van der Waals surface area contributed by atoms with Crippen molar-refractivity contribution < 1.29 is 9.31 Å². The summed E-state index contributed by atoms with van der Waals surface area (Å²) in [5.41, 5.74) is 0.962. The van der Waals surface area contributed by atoms with E-state index in [1.165, 1.54) is 0 Å². The average molecular weight is 254 g/mol. The summed E-state index contributed by atoms with van der Waals surface area (Å²) in [7, 11) is -0.444. The molecule has 0 saturated carbocycles. The molecule has 0 radical (unpaired) electrons. The molecule has 1 aromatic heterocycles. The highest BCUT2D eigenvalue weighted by Crippen LogP contribution is 2.36. The van der Waals surface area contributed by atoms with E-state index < -0.39 is 7.12 Å². The molecule has 1 aliphatic heterocycles. The molecule has 0 N–H and O–H groups in total. The number of halogens is 1. The predicted molar refractivity (Wildman–Crippen MR) is 69.7 cm³/mol. The average Bonchev–Trinajstić information content (AvgIpc) is 2.35. The van der Waals surface area contributed by atoms with Gasteiger partial charge in [0.05, 0.1) is 11.2 Å². The topological polar surface area (TPSA) is 31.4 Å². The van der Waals surface area contributed by atoms with Gasteiger partial charge in [0.1, 0.15) is 5.15 Å². The van der Waals surface area contributed by atoms with Gasteiger partial charge in [-0.25, -0.2) is 4.98 Å². The quantitative estimate of drug-likeness (QED) is 0.569. The second-order valence-corrected chi connectivity index (χ2v) is 5.78. The van der Waals surface area contributed by atoms with Crippen LogP contribution in [-0.4, -0.2) is 23.3 Å².